The molecule has 0 amide bonds. The van der Waals surface area contributed by atoms with Crippen molar-refractivity contribution in [2.75, 3.05) is 0 Å². The lowest BCUT2D eigenvalue weighted by atomic mass is 9.77. The number of rotatable bonds is 11. The molecule has 0 saturated heterocycles. The highest BCUT2D eigenvalue weighted by Crippen LogP contribution is 2.43. The molecule has 3 heteroatoms. The van der Waals surface area contributed by atoms with Crippen LogP contribution in [0.5, 0.6) is 0 Å². The van der Waals surface area contributed by atoms with Gasteiger partial charge in [-0.1, -0.05) is 116 Å². The minimum Gasteiger partial charge on any atom is -0.241 e. The standard InChI is InChI=1S/C32H41BrN2/c1-3-5-8-13-24-18-20-25(21-19-24)28-22-34-32(35-23-28)31(29(33)4-2)30(26-14-9-6-10-15-26)27-16-11-7-12-17-27/h6-7,9-12,14-17,22-25,29-31H,3-5,8,13,18-21H2,1-2H3. The monoisotopic (exact) mass is 532 g/mol. The van der Waals surface area contributed by atoms with Crippen molar-refractivity contribution in [1.29, 1.82) is 0 Å². The molecule has 4 rings (SSSR count). The van der Waals surface area contributed by atoms with Crippen LogP contribution in [0.4, 0.5) is 0 Å². The van der Waals surface area contributed by atoms with E-state index < -0.39 is 0 Å². The Morgan fingerprint density at radius 2 is 1.37 bits per heavy atom. The van der Waals surface area contributed by atoms with Gasteiger partial charge < -0.3 is 0 Å². The summed E-state index contributed by atoms with van der Waals surface area (Å²) in [5.74, 6) is 2.86. The van der Waals surface area contributed by atoms with Crippen molar-refractivity contribution in [2.45, 2.75) is 94.2 Å². The van der Waals surface area contributed by atoms with Gasteiger partial charge in [0.15, 0.2) is 0 Å². The van der Waals surface area contributed by atoms with Gasteiger partial charge in [0.25, 0.3) is 0 Å². The van der Waals surface area contributed by atoms with E-state index >= 15 is 0 Å². The lowest BCUT2D eigenvalue weighted by molar-refractivity contribution is 0.302. The first-order valence-electron chi connectivity index (χ1n) is 13.8. The van der Waals surface area contributed by atoms with Gasteiger partial charge in [-0.25, -0.2) is 9.97 Å². The van der Waals surface area contributed by atoms with Crippen LogP contribution in [0, 0.1) is 5.92 Å². The summed E-state index contributed by atoms with van der Waals surface area (Å²) in [6.07, 6.45) is 16.1. The second-order valence-corrected chi connectivity index (χ2v) is 11.5. The summed E-state index contributed by atoms with van der Waals surface area (Å²) < 4.78 is 0. The van der Waals surface area contributed by atoms with E-state index in [1.165, 1.54) is 68.1 Å². The molecule has 0 spiro atoms. The summed E-state index contributed by atoms with van der Waals surface area (Å²) in [6.45, 7) is 4.54. The number of unbranched alkanes of at least 4 members (excludes halogenated alkanes) is 2. The molecule has 2 aromatic carbocycles. The van der Waals surface area contributed by atoms with Crippen LogP contribution in [0.2, 0.25) is 0 Å². The van der Waals surface area contributed by atoms with Crippen molar-refractivity contribution >= 4 is 15.9 Å². The van der Waals surface area contributed by atoms with E-state index in [0.717, 1.165) is 18.2 Å². The molecule has 2 atom stereocenters. The molecular formula is C32H41BrN2. The third kappa shape index (κ3) is 6.82. The van der Waals surface area contributed by atoms with E-state index in [4.69, 9.17) is 9.97 Å². The number of halogens is 1. The molecule has 1 heterocycles. The predicted octanol–water partition coefficient (Wildman–Crippen LogP) is 9.42. The second-order valence-electron chi connectivity index (χ2n) is 10.3. The van der Waals surface area contributed by atoms with Crippen LogP contribution in [-0.4, -0.2) is 14.8 Å². The van der Waals surface area contributed by atoms with Crippen LogP contribution in [0.15, 0.2) is 73.1 Å². The van der Waals surface area contributed by atoms with Gasteiger partial charge in [-0.3, -0.25) is 0 Å². The third-order valence-corrected chi connectivity index (χ3v) is 9.20. The zero-order valence-corrected chi connectivity index (χ0v) is 23.0. The number of aromatic nitrogens is 2. The maximum Gasteiger partial charge on any atom is 0.133 e. The fourth-order valence-corrected chi connectivity index (χ4v) is 6.44. The van der Waals surface area contributed by atoms with E-state index in [1.807, 2.05) is 0 Å². The minimum absolute atomic E-state index is 0.160. The van der Waals surface area contributed by atoms with Crippen molar-refractivity contribution in [3.05, 3.63) is 95.6 Å². The molecule has 3 aromatic rings. The molecule has 0 radical (unpaired) electrons. The number of hydrogen-bond acceptors (Lipinski definition) is 2. The molecule has 0 N–H and O–H groups in total. The Morgan fingerprint density at radius 3 is 1.89 bits per heavy atom. The van der Waals surface area contributed by atoms with Crippen LogP contribution in [-0.2, 0) is 0 Å². The van der Waals surface area contributed by atoms with Crippen molar-refractivity contribution in [3.63, 3.8) is 0 Å². The van der Waals surface area contributed by atoms with Gasteiger partial charge in [-0.05, 0) is 60.6 Å². The maximum atomic E-state index is 5.03. The average molecular weight is 534 g/mol. The maximum absolute atomic E-state index is 5.03. The first-order chi connectivity index (χ1) is 17.2. The zero-order chi connectivity index (χ0) is 24.5. The van der Waals surface area contributed by atoms with Crippen LogP contribution < -0.4 is 0 Å². The number of hydrogen-bond donors (Lipinski definition) is 0. The Balaban J connectivity index is 1.55. The molecule has 1 aromatic heterocycles. The van der Waals surface area contributed by atoms with E-state index in [0.29, 0.717) is 5.92 Å². The van der Waals surface area contributed by atoms with Crippen molar-refractivity contribution < 1.29 is 0 Å². The number of benzene rings is 2. The second kappa shape index (κ2) is 13.3. The summed E-state index contributed by atoms with van der Waals surface area (Å²) in [7, 11) is 0. The third-order valence-electron chi connectivity index (χ3n) is 7.98. The zero-order valence-electron chi connectivity index (χ0n) is 21.5. The lowest BCUT2D eigenvalue weighted by Gasteiger charge is -2.31. The Kier molecular flexibility index (Phi) is 9.94. The topological polar surface area (TPSA) is 25.8 Å². The van der Waals surface area contributed by atoms with Crippen LogP contribution >= 0.6 is 15.9 Å². The molecule has 1 fully saturated rings. The molecule has 35 heavy (non-hydrogen) atoms. The summed E-state index contributed by atoms with van der Waals surface area (Å²) in [5.41, 5.74) is 3.96. The van der Waals surface area contributed by atoms with Gasteiger partial charge in [0.1, 0.15) is 5.82 Å². The predicted molar refractivity (Wildman–Crippen MR) is 151 cm³/mol. The van der Waals surface area contributed by atoms with E-state index in [9.17, 15) is 0 Å². The van der Waals surface area contributed by atoms with Gasteiger partial charge in [0.2, 0.25) is 0 Å². The summed E-state index contributed by atoms with van der Waals surface area (Å²) >= 11 is 4.02. The molecular weight excluding hydrogens is 492 g/mol. The Bertz CT molecular complexity index is 942. The molecule has 2 unspecified atom stereocenters. The molecule has 1 aliphatic rings. The minimum atomic E-state index is 0.160. The Hall–Kier alpha value is -2.00. The van der Waals surface area contributed by atoms with Crippen molar-refractivity contribution in [1.82, 2.24) is 9.97 Å². The SMILES string of the molecule is CCCCCC1CCC(c2cnc(C(C(Br)CC)C(c3ccccc3)c3ccccc3)nc2)CC1. The Morgan fingerprint density at radius 1 is 0.800 bits per heavy atom. The van der Waals surface area contributed by atoms with Gasteiger partial charge in [0.05, 0.1) is 0 Å². The van der Waals surface area contributed by atoms with Gasteiger partial charge in [-0.2, -0.15) is 0 Å². The summed E-state index contributed by atoms with van der Waals surface area (Å²) in [4.78, 5) is 10.4. The first-order valence-corrected chi connectivity index (χ1v) is 14.7. The smallest absolute Gasteiger partial charge is 0.133 e. The van der Waals surface area contributed by atoms with E-state index in [-0.39, 0.29) is 16.7 Å². The fourth-order valence-electron chi connectivity index (χ4n) is 5.90. The van der Waals surface area contributed by atoms with Crippen molar-refractivity contribution in [2.24, 2.45) is 5.92 Å². The summed E-state index contributed by atoms with van der Waals surface area (Å²) in [5, 5.41) is 0. The van der Waals surface area contributed by atoms with Crippen LogP contribution in [0.25, 0.3) is 0 Å². The number of alkyl halides is 1. The average Bonchev–Trinajstić information content (AvgIpc) is 2.93. The quantitative estimate of drug-likeness (QED) is 0.181. The summed E-state index contributed by atoms with van der Waals surface area (Å²) in [6, 6.07) is 21.7. The lowest BCUT2D eigenvalue weighted by Crippen LogP contribution is -2.24. The molecule has 1 saturated carbocycles. The molecule has 0 aliphatic heterocycles. The van der Waals surface area contributed by atoms with E-state index in [2.05, 4.69) is 103 Å². The highest BCUT2D eigenvalue weighted by Gasteiger charge is 2.33. The van der Waals surface area contributed by atoms with Gasteiger partial charge in [0, 0.05) is 29.1 Å². The molecule has 0 bridgehead atoms. The van der Waals surface area contributed by atoms with E-state index in [1.54, 1.807) is 0 Å². The highest BCUT2D eigenvalue weighted by molar-refractivity contribution is 9.09. The van der Waals surface area contributed by atoms with Crippen LogP contribution in [0.1, 0.15) is 112 Å². The first kappa shape index (κ1) is 26.1. The van der Waals surface area contributed by atoms with Crippen LogP contribution in [0.3, 0.4) is 0 Å². The number of nitrogens with zero attached hydrogens (tertiary/aromatic N) is 2. The normalized spacial score (nSPS) is 20.0. The molecule has 1 aliphatic carbocycles. The highest BCUT2D eigenvalue weighted by atomic mass is 79.9. The Labute approximate surface area is 221 Å². The van der Waals surface area contributed by atoms with Crippen molar-refractivity contribution in [3.8, 4) is 0 Å². The largest absolute Gasteiger partial charge is 0.241 e. The van der Waals surface area contributed by atoms with Gasteiger partial charge in [-0.15, -0.1) is 0 Å². The van der Waals surface area contributed by atoms with Gasteiger partial charge >= 0.3 is 0 Å². The molecule has 186 valence electrons. The molecule has 2 nitrogen and oxygen atoms in total. The fraction of sp³-hybridized carbons (Fsp3) is 0.500.